The molecule has 0 spiro atoms. The molecule has 1 aliphatic rings. The summed E-state index contributed by atoms with van der Waals surface area (Å²) in [6, 6.07) is 27.9. The van der Waals surface area contributed by atoms with E-state index in [-0.39, 0.29) is 0 Å². The van der Waals surface area contributed by atoms with Crippen molar-refractivity contribution in [3.8, 4) is 28.3 Å². The minimum absolute atomic E-state index is 0.701. The zero-order valence-electron chi connectivity index (χ0n) is 13.9. The van der Waals surface area contributed by atoms with Crippen molar-refractivity contribution in [2.75, 3.05) is 0 Å². The number of hydrogen-bond donors (Lipinski definition) is 0. The molecule has 0 fully saturated rings. The summed E-state index contributed by atoms with van der Waals surface area (Å²) in [6.45, 7) is 0. The smallest absolute Gasteiger partial charge is 0.186 e. The van der Waals surface area contributed by atoms with Gasteiger partial charge >= 0.3 is 0 Å². The molecular formula is C24H13N2+. The fourth-order valence-electron chi connectivity index (χ4n) is 4.41. The second-order valence-corrected chi connectivity index (χ2v) is 6.76. The highest BCUT2D eigenvalue weighted by molar-refractivity contribution is 6.16. The van der Waals surface area contributed by atoms with Gasteiger partial charge in [0.1, 0.15) is 0 Å². The molecule has 2 aromatic heterocycles. The summed E-state index contributed by atoms with van der Waals surface area (Å²) in [4.78, 5) is 0. The number of fused-ring (bicyclic) bond motifs is 6. The molecule has 0 atom stereocenters. The van der Waals surface area contributed by atoms with Crippen molar-refractivity contribution in [2.24, 2.45) is 0 Å². The van der Waals surface area contributed by atoms with Crippen molar-refractivity contribution in [1.29, 1.82) is 5.26 Å². The average molecular weight is 329 g/mol. The lowest BCUT2D eigenvalue weighted by Gasteiger charge is -2.05. The van der Waals surface area contributed by atoms with Crippen molar-refractivity contribution in [2.45, 2.75) is 0 Å². The van der Waals surface area contributed by atoms with Gasteiger partial charge < -0.3 is 0 Å². The topological polar surface area (TPSA) is 27.9 Å². The van der Waals surface area contributed by atoms with Crippen LogP contribution >= 0.6 is 0 Å². The molecule has 2 heteroatoms. The van der Waals surface area contributed by atoms with E-state index in [1.807, 2.05) is 16.7 Å². The predicted octanol–water partition coefficient (Wildman–Crippen LogP) is 5.25. The first-order valence-electron chi connectivity index (χ1n) is 8.69. The van der Waals surface area contributed by atoms with Gasteiger partial charge in [0.15, 0.2) is 12.3 Å². The summed E-state index contributed by atoms with van der Waals surface area (Å²) >= 11 is 0. The predicted molar refractivity (Wildman–Crippen MR) is 104 cm³/mol. The van der Waals surface area contributed by atoms with Gasteiger partial charge in [-0.1, -0.05) is 54.6 Å². The van der Waals surface area contributed by atoms with E-state index in [2.05, 4.69) is 72.8 Å². The Bertz CT molecular complexity index is 1430. The van der Waals surface area contributed by atoms with E-state index in [1.54, 1.807) is 0 Å². The Morgan fingerprint density at radius 2 is 1.50 bits per heavy atom. The van der Waals surface area contributed by atoms with E-state index < -0.39 is 0 Å². The van der Waals surface area contributed by atoms with Gasteiger partial charge in [0.25, 0.3) is 5.69 Å². The quantitative estimate of drug-likeness (QED) is 0.276. The van der Waals surface area contributed by atoms with Crippen LogP contribution in [0.15, 0.2) is 79.0 Å². The van der Waals surface area contributed by atoms with Gasteiger partial charge in [-0.2, -0.15) is 9.66 Å². The fourth-order valence-corrected chi connectivity index (χ4v) is 4.41. The van der Waals surface area contributed by atoms with E-state index in [0.717, 1.165) is 27.6 Å². The number of aromatic nitrogens is 1. The first kappa shape index (κ1) is 13.6. The molecule has 0 radical (unpaired) electrons. The third-order valence-corrected chi connectivity index (χ3v) is 5.50. The second-order valence-electron chi connectivity index (χ2n) is 6.76. The van der Waals surface area contributed by atoms with Crippen LogP contribution in [0.25, 0.3) is 49.3 Å². The molecule has 1 aliphatic carbocycles. The van der Waals surface area contributed by atoms with Crippen LogP contribution in [0.4, 0.5) is 0 Å². The number of benzene rings is 3. The summed E-state index contributed by atoms with van der Waals surface area (Å²) in [5.41, 5.74) is 6.36. The Hall–Kier alpha value is -3.70. The minimum Gasteiger partial charge on any atom is -0.186 e. The number of rotatable bonds is 0. The molecule has 3 aromatic carbocycles. The highest BCUT2D eigenvalue weighted by Crippen LogP contribution is 2.48. The maximum absolute atomic E-state index is 10.0. The zero-order valence-corrected chi connectivity index (χ0v) is 13.9. The standard InChI is InChI=1S/C24H13N2/c25-14-22-24-19-10-4-7-16-6-3-9-18(23(16)19)20(24)13-21-17-8-2-1-5-15(17)11-12-26(21)22/h1-13H/q+1. The van der Waals surface area contributed by atoms with Crippen LogP contribution in [-0.2, 0) is 0 Å². The summed E-state index contributed by atoms with van der Waals surface area (Å²) < 4.78 is 2.03. The maximum Gasteiger partial charge on any atom is 0.297 e. The lowest BCUT2D eigenvalue weighted by atomic mass is 10.0. The molecule has 26 heavy (non-hydrogen) atoms. The molecular weight excluding hydrogens is 316 g/mol. The normalized spacial score (nSPS) is 11.8. The summed E-state index contributed by atoms with van der Waals surface area (Å²) in [6.07, 6.45) is 2.01. The molecule has 0 amide bonds. The van der Waals surface area contributed by atoms with Gasteiger partial charge in [0.05, 0.1) is 10.9 Å². The molecule has 118 valence electrons. The highest BCUT2D eigenvalue weighted by atomic mass is 14.9. The molecule has 0 bridgehead atoms. The van der Waals surface area contributed by atoms with Crippen LogP contribution in [0, 0.1) is 11.3 Å². The van der Waals surface area contributed by atoms with Gasteiger partial charge in [-0.25, -0.2) is 0 Å². The van der Waals surface area contributed by atoms with Crippen LogP contribution < -0.4 is 4.40 Å². The van der Waals surface area contributed by atoms with E-state index in [1.165, 1.54) is 21.7 Å². The van der Waals surface area contributed by atoms with Crippen LogP contribution in [-0.4, -0.2) is 0 Å². The van der Waals surface area contributed by atoms with Gasteiger partial charge in [-0.3, -0.25) is 0 Å². The first-order valence-corrected chi connectivity index (χ1v) is 8.69. The van der Waals surface area contributed by atoms with Crippen LogP contribution in [0.3, 0.4) is 0 Å². The second kappa shape index (κ2) is 4.68. The number of hydrogen-bond acceptors (Lipinski definition) is 1. The minimum atomic E-state index is 0.701. The van der Waals surface area contributed by atoms with Crippen molar-refractivity contribution >= 4 is 27.1 Å². The lowest BCUT2D eigenvalue weighted by Crippen LogP contribution is -2.27. The van der Waals surface area contributed by atoms with Gasteiger partial charge in [0.2, 0.25) is 5.52 Å². The van der Waals surface area contributed by atoms with E-state index in [9.17, 15) is 5.26 Å². The first-order chi connectivity index (χ1) is 12.9. The molecule has 6 rings (SSSR count). The van der Waals surface area contributed by atoms with Gasteiger partial charge in [0, 0.05) is 17.7 Å². The molecule has 0 aliphatic heterocycles. The van der Waals surface area contributed by atoms with E-state index in [4.69, 9.17) is 0 Å². The molecule has 0 N–H and O–H groups in total. The van der Waals surface area contributed by atoms with Gasteiger partial charge in [-0.05, 0) is 33.4 Å². The van der Waals surface area contributed by atoms with Crippen molar-refractivity contribution in [3.63, 3.8) is 0 Å². The van der Waals surface area contributed by atoms with Crippen LogP contribution in [0.2, 0.25) is 0 Å². The molecule has 2 nitrogen and oxygen atoms in total. The Morgan fingerprint density at radius 3 is 2.35 bits per heavy atom. The Morgan fingerprint density at radius 1 is 0.731 bits per heavy atom. The number of pyridine rings is 2. The van der Waals surface area contributed by atoms with Crippen LogP contribution in [0.1, 0.15) is 5.69 Å². The summed E-state index contributed by atoms with van der Waals surface area (Å²) in [5.74, 6) is 0. The summed E-state index contributed by atoms with van der Waals surface area (Å²) in [5, 5.41) is 14.9. The molecule has 5 aromatic rings. The fraction of sp³-hybridized carbons (Fsp3) is 0. The maximum atomic E-state index is 10.0. The SMILES string of the molecule is N#Cc1c2c(cc3c4ccccc4cc[n+]13)-c1cccc3cccc-2c13. The third kappa shape index (κ3) is 1.53. The van der Waals surface area contributed by atoms with Gasteiger partial charge in [-0.15, -0.1) is 0 Å². The van der Waals surface area contributed by atoms with Crippen molar-refractivity contribution in [1.82, 2.24) is 0 Å². The highest BCUT2D eigenvalue weighted by Gasteiger charge is 2.30. The molecule has 0 saturated heterocycles. The van der Waals surface area contributed by atoms with Crippen molar-refractivity contribution in [3.05, 3.63) is 84.7 Å². The molecule has 0 saturated carbocycles. The largest absolute Gasteiger partial charge is 0.297 e. The van der Waals surface area contributed by atoms with E-state index >= 15 is 0 Å². The summed E-state index contributed by atoms with van der Waals surface area (Å²) in [7, 11) is 0. The third-order valence-electron chi connectivity index (χ3n) is 5.50. The molecule has 2 heterocycles. The Balaban J connectivity index is 1.90. The number of nitrogens with zero attached hydrogens (tertiary/aromatic N) is 2. The average Bonchev–Trinajstić information content (AvgIpc) is 3.02. The monoisotopic (exact) mass is 329 g/mol. The van der Waals surface area contributed by atoms with Crippen molar-refractivity contribution < 1.29 is 4.40 Å². The zero-order chi connectivity index (χ0) is 17.3. The van der Waals surface area contributed by atoms with Crippen LogP contribution in [0.5, 0.6) is 0 Å². The number of nitriles is 1. The Kier molecular flexibility index (Phi) is 2.44. The lowest BCUT2D eigenvalue weighted by molar-refractivity contribution is -0.513. The molecule has 0 unspecified atom stereocenters. The van der Waals surface area contributed by atoms with E-state index in [0.29, 0.717) is 5.69 Å². The Labute approximate surface area is 150 Å².